The molecule has 4 aromatic rings. The Balaban J connectivity index is 1.21. The molecular weight excluding hydrogens is 440 g/mol. The van der Waals surface area contributed by atoms with E-state index < -0.39 is 0 Å². The van der Waals surface area contributed by atoms with E-state index in [1.807, 2.05) is 30.3 Å². The maximum atomic E-state index is 12.9. The number of nitrogens with one attached hydrogen (secondary N) is 2. The standard InChI is InChI=1S/C28H32N4O3/c1-34-22-10-8-21(9-11-22)25(26-18-29-27-7-3-2-6-24(26)27)17-30-28(33)20-32-14-12-31(13-15-32)19-23-5-4-16-35-23/h2-11,16,18,25,29H,12-15,17,19-20H2,1H3,(H,30,33)/t25-/m1/s1. The number of para-hydroxylation sites is 1. The van der Waals surface area contributed by atoms with Gasteiger partial charge in [0.15, 0.2) is 0 Å². The van der Waals surface area contributed by atoms with Gasteiger partial charge in [-0.1, -0.05) is 30.3 Å². The summed E-state index contributed by atoms with van der Waals surface area (Å²) in [4.78, 5) is 20.9. The van der Waals surface area contributed by atoms with E-state index >= 15 is 0 Å². The van der Waals surface area contributed by atoms with Crippen molar-refractivity contribution >= 4 is 16.8 Å². The third-order valence-corrected chi connectivity index (χ3v) is 6.81. The monoisotopic (exact) mass is 472 g/mol. The second-order valence-electron chi connectivity index (χ2n) is 9.05. The number of aromatic nitrogens is 1. The zero-order valence-corrected chi connectivity index (χ0v) is 20.1. The molecule has 2 aromatic heterocycles. The minimum atomic E-state index is 0.0335. The Kier molecular flexibility index (Phi) is 7.16. The van der Waals surface area contributed by atoms with Gasteiger partial charge in [0.05, 0.1) is 26.5 Å². The van der Waals surface area contributed by atoms with Crippen LogP contribution in [-0.4, -0.2) is 67.1 Å². The van der Waals surface area contributed by atoms with Crippen LogP contribution in [0.3, 0.4) is 0 Å². The lowest BCUT2D eigenvalue weighted by Gasteiger charge is -2.33. The largest absolute Gasteiger partial charge is 0.497 e. The second-order valence-corrected chi connectivity index (χ2v) is 9.05. The Morgan fingerprint density at radius 2 is 1.80 bits per heavy atom. The lowest BCUT2D eigenvalue weighted by molar-refractivity contribution is -0.122. The molecule has 2 aromatic carbocycles. The number of aromatic amines is 1. The Labute approximate surface area is 205 Å². The average Bonchev–Trinajstić information content (AvgIpc) is 3.56. The van der Waals surface area contributed by atoms with E-state index in [4.69, 9.17) is 9.15 Å². The summed E-state index contributed by atoms with van der Waals surface area (Å²) in [6.45, 7) is 5.37. The quantitative estimate of drug-likeness (QED) is 0.387. The fourth-order valence-electron chi connectivity index (χ4n) is 4.83. The summed E-state index contributed by atoms with van der Waals surface area (Å²) in [6, 6.07) is 20.3. The third kappa shape index (κ3) is 5.58. The molecule has 1 atom stereocenters. The molecule has 5 rings (SSSR count). The van der Waals surface area contributed by atoms with E-state index in [1.165, 1.54) is 10.9 Å². The van der Waals surface area contributed by atoms with E-state index in [0.29, 0.717) is 13.1 Å². The molecule has 3 heterocycles. The maximum absolute atomic E-state index is 12.9. The SMILES string of the molecule is COc1ccc([C@@H](CNC(=O)CN2CCN(Cc3ccco3)CC2)c2c[nH]c3ccccc23)cc1. The van der Waals surface area contributed by atoms with Crippen LogP contribution in [0.2, 0.25) is 0 Å². The lowest BCUT2D eigenvalue weighted by Crippen LogP contribution is -2.49. The van der Waals surface area contributed by atoms with Gasteiger partial charge in [-0.3, -0.25) is 14.6 Å². The Bertz CT molecular complexity index is 1220. The molecule has 7 nitrogen and oxygen atoms in total. The van der Waals surface area contributed by atoms with E-state index in [-0.39, 0.29) is 11.8 Å². The average molecular weight is 473 g/mol. The van der Waals surface area contributed by atoms with Crippen molar-refractivity contribution in [3.05, 3.63) is 90.0 Å². The fraction of sp³-hybridized carbons (Fsp3) is 0.321. The maximum Gasteiger partial charge on any atom is 0.234 e. The van der Waals surface area contributed by atoms with Gasteiger partial charge in [-0.25, -0.2) is 0 Å². The number of methoxy groups -OCH3 is 1. The number of H-pyrrole nitrogens is 1. The van der Waals surface area contributed by atoms with Gasteiger partial charge in [0.2, 0.25) is 5.91 Å². The summed E-state index contributed by atoms with van der Waals surface area (Å²) in [7, 11) is 1.67. The molecule has 0 bridgehead atoms. The van der Waals surface area contributed by atoms with Crippen LogP contribution < -0.4 is 10.1 Å². The summed E-state index contributed by atoms with van der Waals surface area (Å²) >= 11 is 0. The topological polar surface area (TPSA) is 73.7 Å². The second kappa shape index (κ2) is 10.8. The summed E-state index contributed by atoms with van der Waals surface area (Å²) in [5.74, 6) is 1.90. The first-order chi connectivity index (χ1) is 17.2. The van der Waals surface area contributed by atoms with Gasteiger partial charge in [-0.15, -0.1) is 0 Å². The molecule has 35 heavy (non-hydrogen) atoms. The molecule has 1 fully saturated rings. The van der Waals surface area contributed by atoms with Crippen molar-refractivity contribution in [3.8, 4) is 5.75 Å². The van der Waals surface area contributed by atoms with Crippen LogP contribution in [0.1, 0.15) is 22.8 Å². The number of hydrogen-bond donors (Lipinski definition) is 2. The molecule has 1 aliphatic heterocycles. The minimum Gasteiger partial charge on any atom is -0.497 e. The number of ether oxygens (including phenoxy) is 1. The zero-order valence-electron chi connectivity index (χ0n) is 20.1. The van der Waals surface area contributed by atoms with Gasteiger partial charge in [0, 0.05) is 55.7 Å². The van der Waals surface area contributed by atoms with Crippen molar-refractivity contribution in [2.75, 3.05) is 46.4 Å². The number of piperazine rings is 1. The molecule has 182 valence electrons. The highest BCUT2D eigenvalue weighted by Gasteiger charge is 2.22. The van der Waals surface area contributed by atoms with Crippen LogP contribution in [0.5, 0.6) is 5.75 Å². The predicted molar refractivity (Wildman–Crippen MR) is 137 cm³/mol. The normalized spacial score (nSPS) is 15.8. The fourth-order valence-corrected chi connectivity index (χ4v) is 4.83. The van der Waals surface area contributed by atoms with Crippen molar-refractivity contribution in [1.82, 2.24) is 20.1 Å². The first kappa shape index (κ1) is 23.2. The van der Waals surface area contributed by atoms with Crippen LogP contribution in [-0.2, 0) is 11.3 Å². The van der Waals surface area contributed by atoms with Crippen LogP contribution in [0.4, 0.5) is 0 Å². The molecule has 0 radical (unpaired) electrons. The van der Waals surface area contributed by atoms with Crippen molar-refractivity contribution < 1.29 is 13.9 Å². The first-order valence-electron chi connectivity index (χ1n) is 12.1. The molecular formula is C28H32N4O3. The predicted octanol–water partition coefficient (Wildman–Crippen LogP) is 3.84. The summed E-state index contributed by atoms with van der Waals surface area (Å²) in [5.41, 5.74) is 3.42. The Morgan fingerprint density at radius 1 is 1.03 bits per heavy atom. The van der Waals surface area contributed by atoms with Crippen LogP contribution in [0.25, 0.3) is 10.9 Å². The summed E-state index contributed by atoms with van der Waals surface area (Å²) in [5, 5.41) is 4.38. The van der Waals surface area contributed by atoms with Gasteiger partial charge < -0.3 is 19.5 Å². The number of nitrogens with zero attached hydrogens (tertiary/aromatic N) is 2. The summed E-state index contributed by atoms with van der Waals surface area (Å²) in [6.07, 6.45) is 3.77. The van der Waals surface area contributed by atoms with Crippen LogP contribution in [0, 0.1) is 0 Å². The number of benzene rings is 2. The molecule has 0 saturated carbocycles. The number of rotatable bonds is 9. The zero-order chi connectivity index (χ0) is 24.0. The summed E-state index contributed by atoms with van der Waals surface area (Å²) < 4.78 is 10.8. The van der Waals surface area contributed by atoms with Gasteiger partial charge in [-0.05, 0) is 41.5 Å². The van der Waals surface area contributed by atoms with E-state index in [1.54, 1.807) is 13.4 Å². The Hall–Kier alpha value is -3.55. The van der Waals surface area contributed by atoms with Gasteiger partial charge >= 0.3 is 0 Å². The lowest BCUT2D eigenvalue weighted by atomic mass is 9.90. The Morgan fingerprint density at radius 3 is 2.54 bits per heavy atom. The van der Waals surface area contributed by atoms with E-state index in [9.17, 15) is 4.79 Å². The van der Waals surface area contributed by atoms with Crippen LogP contribution >= 0.6 is 0 Å². The number of carbonyl (C=O) groups excluding carboxylic acids is 1. The van der Waals surface area contributed by atoms with Crippen molar-refractivity contribution in [2.24, 2.45) is 0 Å². The first-order valence-corrected chi connectivity index (χ1v) is 12.1. The highest BCUT2D eigenvalue weighted by molar-refractivity contribution is 5.84. The number of amides is 1. The van der Waals surface area contributed by atoms with Gasteiger partial charge in [0.1, 0.15) is 11.5 Å². The third-order valence-electron chi connectivity index (χ3n) is 6.81. The molecule has 7 heteroatoms. The number of hydrogen-bond acceptors (Lipinski definition) is 5. The molecule has 0 spiro atoms. The molecule has 1 amide bonds. The van der Waals surface area contributed by atoms with E-state index in [0.717, 1.165) is 55.3 Å². The number of fused-ring (bicyclic) bond motifs is 1. The highest BCUT2D eigenvalue weighted by Crippen LogP contribution is 2.31. The molecule has 2 N–H and O–H groups in total. The molecule has 0 unspecified atom stereocenters. The van der Waals surface area contributed by atoms with Gasteiger partial charge in [0.25, 0.3) is 0 Å². The van der Waals surface area contributed by atoms with Crippen LogP contribution in [0.15, 0.2) is 77.5 Å². The number of carbonyl (C=O) groups is 1. The van der Waals surface area contributed by atoms with Gasteiger partial charge in [-0.2, -0.15) is 0 Å². The minimum absolute atomic E-state index is 0.0335. The highest BCUT2D eigenvalue weighted by atomic mass is 16.5. The number of furan rings is 1. The smallest absolute Gasteiger partial charge is 0.234 e. The van der Waals surface area contributed by atoms with E-state index in [2.05, 4.69) is 56.6 Å². The van der Waals surface area contributed by atoms with Crippen molar-refractivity contribution in [2.45, 2.75) is 12.5 Å². The van der Waals surface area contributed by atoms with Crippen molar-refractivity contribution in [3.63, 3.8) is 0 Å². The molecule has 1 saturated heterocycles. The van der Waals surface area contributed by atoms with Crippen molar-refractivity contribution in [1.29, 1.82) is 0 Å². The molecule has 1 aliphatic rings. The molecule has 0 aliphatic carbocycles.